The topological polar surface area (TPSA) is 127 Å². The van der Waals surface area contributed by atoms with Crippen LogP contribution in [0.3, 0.4) is 0 Å². The highest BCUT2D eigenvalue weighted by atomic mass is 32.2. The molecule has 2 aliphatic rings. The van der Waals surface area contributed by atoms with Crippen molar-refractivity contribution in [3.05, 3.63) is 63.0 Å². The maximum atomic E-state index is 13.2. The highest BCUT2D eigenvalue weighted by Gasteiger charge is 2.57. The second-order valence-electron chi connectivity index (χ2n) is 8.36. The van der Waals surface area contributed by atoms with E-state index in [9.17, 15) is 24.8 Å². The fourth-order valence-electron chi connectivity index (χ4n) is 4.56. The molecule has 4 heterocycles. The van der Waals surface area contributed by atoms with Gasteiger partial charge in [-0.05, 0) is 36.8 Å². The summed E-state index contributed by atoms with van der Waals surface area (Å²) in [5.41, 5.74) is 1.45. The van der Waals surface area contributed by atoms with Gasteiger partial charge in [-0.1, -0.05) is 6.92 Å². The molecule has 3 aromatic rings. The van der Waals surface area contributed by atoms with Crippen LogP contribution in [0, 0.1) is 16.0 Å². The Balaban J connectivity index is 1.45. The molecule has 3 atom stereocenters. The zero-order valence-corrected chi connectivity index (χ0v) is 20.5. The van der Waals surface area contributed by atoms with Crippen LogP contribution in [0.2, 0.25) is 0 Å². The van der Waals surface area contributed by atoms with E-state index >= 15 is 0 Å². The number of ether oxygens (including phenoxy) is 1. The van der Waals surface area contributed by atoms with Gasteiger partial charge < -0.3 is 14.7 Å². The first-order chi connectivity index (χ1) is 16.8. The second kappa shape index (κ2) is 9.10. The molecule has 182 valence electrons. The van der Waals surface area contributed by atoms with Gasteiger partial charge in [0, 0.05) is 23.9 Å². The van der Waals surface area contributed by atoms with Crippen molar-refractivity contribution in [3.8, 4) is 0 Å². The van der Waals surface area contributed by atoms with E-state index in [0.29, 0.717) is 17.6 Å². The summed E-state index contributed by atoms with van der Waals surface area (Å²) in [4.78, 5) is 44.1. The molecule has 5 rings (SSSR count). The number of β-lactam (4-membered cyclic amide) rings is 1. The van der Waals surface area contributed by atoms with Crippen molar-refractivity contribution in [1.82, 2.24) is 14.3 Å². The maximum absolute atomic E-state index is 13.2. The summed E-state index contributed by atoms with van der Waals surface area (Å²) in [5, 5.41) is 21.9. The molecule has 1 fully saturated rings. The van der Waals surface area contributed by atoms with E-state index in [1.54, 1.807) is 25.0 Å². The first kappa shape index (κ1) is 23.5. The van der Waals surface area contributed by atoms with E-state index in [-0.39, 0.29) is 29.9 Å². The van der Waals surface area contributed by atoms with Gasteiger partial charge in [-0.25, -0.2) is 9.78 Å². The Morgan fingerprint density at radius 3 is 2.80 bits per heavy atom. The Bertz CT molecular complexity index is 1360. The van der Waals surface area contributed by atoms with Gasteiger partial charge in [0.05, 0.1) is 27.9 Å². The number of thioether (sulfide) groups is 1. The molecule has 0 unspecified atom stereocenters. The second-order valence-corrected chi connectivity index (χ2v) is 10.6. The summed E-state index contributed by atoms with van der Waals surface area (Å²) < 4.78 is 7.45. The van der Waals surface area contributed by atoms with Crippen LogP contribution in [-0.2, 0) is 20.9 Å². The zero-order valence-electron chi connectivity index (χ0n) is 18.9. The van der Waals surface area contributed by atoms with Gasteiger partial charge in [0.2, 0.25) is 5.91 Å². The number of thiazole rings is 1. The summed E-state index contributed by atoms with van der Waals surface area (Å²) in [5.74, 6) is -0.626. The average Bonchev–Trinajstić information content (AvgIpc) is 3.49. The van der Waals surface area contributed by atoms with Gasteiger partial charge in [-0.15, -0.1) is 23.1 Å². The number of aliphatic hydroxyl groups excluding tert-OH is 1. The van der Waals surface area contributed by atoms with Crippen molar-refractivity contribution in [2.75, 3.05) is 5.75 Å². The molecule has 0 radical (unpaired) electrons. The van der Waals surface area contributed by atoms with E-state index in [0.717, 1.165) is 20.5 Å². The Morgan fingerprint density at radius 1 is 1.40 bits per heavy atom. The van der Waals surface area contributed by atoms with Crippen LogP contribution in [0.15, 0.2) is 47.5 Å². The molecular formula is C23H22N4O6S2. The standard InChI is InChI=1S/C23H22N4O6S2/c1-3-34-20-22-25(11-24-20)9-17(35-22)15-8-16-18(12(2)28)21(29)26(16)19(15)23(30)33-10-13-4-6-14(7-5-13)27(31)32/h4-7,9,11-12,16,18,28H,3,8,10H2,1-2H3/t12-,16-,18-/m1/s1. The van der Waals surface area contributed by atoms with Crippen LogP contribution in [0.1, 0.15) is 30.7 Å². The van der Waals surface area contributed by atoms with Gasteiger partial charge in [0.25, 0.3) is 5.69 Å². The third-order valence-corrected chi connectivity index (χ3v) is 8.36. The molecular weight excluding hydrogens is 492 g/mol. The van der Waals surface area contributed by atoms with Gasteiger partial charge in [-0.3, -0.25) is 19.3 Å². The lowest BCUT2D eigenvalue weighted by Gasteiger charge is -2.44. The van der Waals surface area contributed by atoms with Crippen molar-refractivity contribution in [1.29, 1.82) is 0 Å². The number of hydrogen-bond acceptors (Lipinski definition) is 9. The molecule has 10 nitrogen and oxygen atoms in total. The molecule has 1 N–H and O–H groups in total. The normalized spacial score (nSPS) is 20.2. The largest absolute Gasteiger partial charge is 0.456 e. The van der Waals surface area contributed by atoms with Crippen LogP contribution in [0.4, 0.5) is 5.69 Å². The van der Waals surface area contributed by atoms with Crippen molar-refractivity contribution in [3.63, 3.8) is 0 Å². The predicted molar refractivity (Wildman–Crippen MR) is 130 cm³/mol. The van der Waals surface area contributed by atoms with E-state index in [1.807, 2.05) is 10.6 Å². The number of imidazole rings is 1. The average molecular weight is 515 g/mol. The lowest BCUT2D eigenvalue weighted by atomic mass is 9.83. The van der Waals surface area contributed by atoms with Crippen molar-refractivity contribution in [2.24, 2.45) is 5.92 Å². The third-order valence-electron chi connectivity index (χ3n) is 6.20. The summed E-state index contributed by atoms with van der Waals surface area (Å²) in [6.45, 7) is 3.54. The summed E-state index contributed by atoms with van der Waals surface area (Å²) >= 11 is 3.13. The molecule has 0 spiro atoms. The van der Waals surface area contributed by atoms with Crippen molar-refractivity contribution < 1.29 is 24.4 Å². The van der Waals surface area contributed by atoms with Crippen molar-refractivity contribution in [2.45, 2.75) is 44.0 Å². The smallest absolute Gasteiger partial charge is 0.355 e. The van der Waals surface area contributed by atoms with E-state index in [1.165, 1.54) is 40.5 Å². The fourth-order valence-corrected chi connectivity index (χ4v) is 6.51. The number of nitro groups is 1. The van der Waals surface area contributed by atoms with Gasteiger partial charge in [-0.2, -0.15) is 0 Å². The minimum absolute atomic E-state index is 0.0526. The number of carbonyl (C=O) groups is 2. The first-order valence-electron chi connectivity index (χ1n) is 11.0. The van der Waals surface area contributed by atoms with Crippen LogP contribution in [0.5, 0.6) is 0 Å². The van der Waals surface area contributed by atoms with Crippen LogP contribution >= 0.6 is 23.1 Å². The summed E-state index contributed by atoms with van der Waals surface area (Å²) in [6, 6.07) is 5.45. The Morgan fingerprint density at radius 2 is 2.14 bits per heavy atom. The van der Waals surface area contributed by atoms with Gasteiger partial charge in [0.1, 0.15) is 28.5 Å². The fraction of sp³-hybridized carbons (Fsp3) is 0.348. The first-order valence-corrected chi connectivity index (χ1v) is 12.8. The Labute approximate surface area is 208 Å². The van der Waals surface area contributed by atoms with Crippen molar-refractivity contribution >= 4 is 51.1 Å². The van der Waals surface area contributed by atoms with Gasteiger partial charge in [0.15, 0.2) is 0 Å². The quantitative estimate of drug-likeness (QED) is 0.159. The maximum Gasteiger partial charge on any atom is 0.355 e. The molecule has 1 saturated heterocycles. The number of carbonyl (C=O) groups excluding carboxylic acids is 2. The van der Waals surface area contributed by atoms with E-state index in [2.05, 4.69) is 11.9 Å². The number of amides is 1. The molecule has 35 heavy (non-hydrogen) atoms. The monoisotopic (exact) mass is 514 g/mol. The van der Waals surface area contributed by atoms with E-state index in [4.69, 9.17) is 4.74 Å². The Kier molecular flexibility index (Phi) is 6.11. The number of hydrogen-bond donors (Lipinski definition) is 1. The number of aromatic nitrogens is 2. The molecule has 12 heteroatoms. The third kappa shape index (κ3) is 4.01. The molecule has 1 aromatic carbocycles. The number of benzene rings is 1. The minimum atomic E-state index is -0.823. The molecule has 0 bridgehead atoms. The lowest BCUT2D eigenvalue weighted by molar-refractivity contribution is -0.384. The van der Waals surface area contributed by atoms with Crippen LogP contribution < -0.4 is 0 Å². The number of aliphatic hydroxyl groups is 1. The molecule has 0 aliphatic carbocycles. The molecule has 0 saturated carbocycles. The highest BCUT2D eigenvalue weighted by molar-refractivity contribution is 7.99. The SMILES string of the molecule is CCSc1ncn2cc(C3=C(C(=O)OCc4ccc([N+](=O)[O-])cc4)N4C(=O)[C@H]([C@@H](C)O)[C@H]4C3)sc12. The highest BCUT2D eigenvalue weighted by Crippen LogP contribution is 2.48. The van der Waals surface area contributed by atoms with Crippen LogP contribution in [-0.4, -0.2) is 54.1 Å². The minimum Gasteiger partial charge on any atom is -0.456 e. The number of nitrogens with zero attached hydrogens (tertiary/aromatic N) is 4. The Hall–Kier alpha value is -3.22. The van der Waals surface area contributed by atoms with Crippen LogP contribution in [0.25, 0.3) is 10.4 Å². The number of non-ortho nitro benzene ring substituents is 1. The van der Waals surface area contributed by atoms with Gasteiger partial charge >= 0.3 is 5.97 Å². The molecule has 2 aliphatic heterocycles. The number of fused-ring (bicyclic) bond motifs is 2. The summed E-state index contributed by atoms with van der Waals surface area (Å²) in [6.07, 6.45) is 3.25. The molecule has 2 aromatic heterocycles. The number of nitro benzene ring substituents is 1. The predicted octanol–water partition coefficient (Wildman–Crippen LogP) is 3.48. The lowest BCUT2D eigenvalue weighted by Crippen LogP contribution is -2.61. The summed E-state index contributed by atoms with van der Waals surface area (Å²) in [7, 11) is 0. The number of rotatable bonds is 8. The van der Waals surface area contributed by atoms with E-state index < -0.39 is 22.9 Å². The zero-order chi connectivity index (χ0) is 24.9. The molecule has 1 amide bonds. The number of esters is 1.